The number of aliphatic carboxylic acids is 1. The summed E-state index contributed by atoms with van der Waals surface area (Å²) in [4.78, 5) is 25.1. The number of carbonyl (C=O) groups is 2. The van der Waals surface area contributed by atoms with E-state index >= 15 is 0 Å². The van der Waals surface area contributed by atoms with E-state index in [-0.39, 0.29) is 27.5 Å². The average Bonchev–Trinajstić information content (AvgIpc) is 2.45. The number of nitrogens with one attached hydrogen (secondary N) is 1. The highest BCUT2D eigenvalue weighted by Crippen LogP contribution is 2.28. The van der Waals surface area contributed by atoms with Gasteiger partial charge in [0.05, 0.1) is 12.1 Å². The summed E-state index contributed by atoms with van der Waals surface area (Å²) < 4.78 is 0.252. The van der Waals surface area contributed by atoms with Crippen LogP contribution in [0.15, 0.2) is 0 Å². The van der Waals surface area contributed by atoms with Crippen molar-refractivity contribution < 1.29 is 14.7 Å². The summed E-state index contributed by atoms with van der Waals surface area (Å²) in [5, 5.41) is 11.2. The number of alkyl halides is 1. The van der Waals surface area contributed by atoms with Crippen LogP contribution >= 0.6 is 34.5 Å². The van der Waals surface area contributed by atoms with E-state index in [0.717, 1.165) is 11.3 Å². The van der Waals surface area contributed by atoms with Gasteiger partial charge in [0.1, 0.15) is 10.2 Å². The van der Waals surface area contributed by atoms with Gasteiger partial charge in [-0.15, -0.1) is 11.6 Å². The smallest absolute Gasteiger partial charge is 0.309 e. The average molecular weight is 269 g/mol. The second-order valence-corrected chi connectivity index (χ2v) is 4.36. The monoisotopic (exact) mass is 268 g/mol. The molecule has 0 bridgehead atoms. The minimum Gasteiger partial charge on any atom is -0.481 e. The first-order valence-corrected chi connectivity index (χ1v) is 5.48. The SMILES string of the molecule is O=C(O)Cc1nc(NC(=O)CCl)sc1Cl. The van der Waals surface area contributed by atoms with E-state index in [2.05, 4.69) is 10.3 Å². The maximum absolute atomic E-state index is 10.9. The molecule has 0 fully saturated rings. The summed E-state index contributed by atoms with van der Waals surface area (Å²) in [6.07, 6.45) is -0.272. The first-order valence-electron chi connectivity index (χ1n) is 3.75. The van der Waals surface area contributed by atoms with Gasteiger partial charge in [-0.1, -0.05) is 22.9 Å². The van der Waals surface area contributed by atoms with E-state index in [0.29, 0.717) is 0 Å². The van der Waals surface area contributed by atoms with Gasteiger partial charge >= 0.3 is 5.97 Å². The Morgan fingerprint density at radius 2 is 2.20 bits per heavy atom. The van der Waals surface area contributed by atoms with Gasteiger partial charge in [-0.05, 0) is 0 Å². The van der Waals surface area contributed by atoms with E-state index in [1.54, 1.807) is 0 Å². The molecule has 1 heterocycles. The third kappa shape index (κ3) is 3.65. The third-order valence-corrected chi connectivity index (χ3v) is 2.83. The van der Waals surface area contributed by atoms with E-state index in [1.165, 1.54) is 0 Å². The van der Waals surface area contributed by atoms with Crippen LogP contribution in [-0.2, 0) is 16.0 Å². The Labute approximate surface area is 99.0 Å². The molecule has 5 nitrogen and oxygen atoms in total. The van der Waals surface area contributed by atoms with Crippen LogP contribution in [0, 0.1) is 0 Å². The summed E-state index contributed by atoms with van der Waals surface area (Å²) in [5.41, 5.74) is 0.235. The number of amides is 1. The Bertz CT molecular complexity index is 394. The fourth-order valence-corrected chi connectivity index (χ4v) is 1.91. The largest absolute Gasteiger partial charge is 0.481 e. The molecule has 0 atom stereocenters. The first kappa shape index (κ1) is 12.2. The molecule has 1 aromatic heterocycles. The lowest BCUT2D eigenvalue weighted by Gasteiger charge is -1.94. The number of nitrogens with zero attached hydrogens (tertiary/aromatic N) is 1. The zero-order chi connectivity index (χ0) is 11.4. The van der Waals surface area contributed by atoms with Crippen molar-refractivity contribution in [1.82, 2.24) is 4.98 Å². The summed E-state index contributed by atoms with van der Waals surface area (Å²) in [5.74, 6) is -1.63. The van der Waals surface area contributed by atoms with E-state index in [4.69, 9.17) is 28.3 Å². The van der Waals surface area contributed by atoms with Gasteiger partial charge in [0.2, 0.25) is 5.91 Å². The predicted octanol–water partition coefficient (Wildman–Crippen LogP) is 1.60. The van der Waals surface area contributed by atoms with Gasteiger partial charge in [0, 0.05) is 0 Å². The van der Waals surface area contributed by atoms with Crippen molar-refractivity contribution in [3.8, 4) is 0 Å². The molecule has 0 saturated carbocycles. The number of thiazole rings is 1. The molecule has 15 heavy (non-hydrogen) atoms. The zero-order valence-electron chi connectivity index (χ0n) is 7.29. The Hall–Kier alpha value is -0.850. The molecular weight excluding hydrogens is 263 g/mol. The summed E-state index contributed by atoms with van der Waals surface area (Å²) in [6, 6.07) is 0. The van der Waals surface area contributed by atoms with Gasteiger partial charge in [0.15, 0.2) is 5.13 Å². The molecule has 0 saturated heterocycles. The van der Waals surface area contributed by atoms with Crippen LogP contribution in [-0.4, -0.2) is 27.8 Å². The summed E-state index contributed by atoms with van der Waals surface area (Å²) in [6.45, 7) is 0. The lowest BCUT2D eigenvalue weighted by molar-refractivity contribution is -0.136. The van der Waals surface area contributed by atoms with Gasteiger partial charge in [-0.3, -0.25) is 9.59 Å². The second-order valence-electron chi connectivity index (χ2n) is 2.49. The van der Waals surface area contributed by atoms with Gasteiger partial charge in [0.25, 0.3) is 0 Å². The van der Waals surface area contributed by atoms with Crippen LogP contribution < -0.4 is 5.32 Å². The topological polar surface area (TPSA) is 79.3 Å². The highest BCUT2D eigenvalue weighted by Gasteiger charge is 2.13. The molecule has 0 aliphatic carbocycles. The van der Waals surface area contributed by atoms with E-state index in [9.17, 15) is 9.59 Å². The molecule has 0 aliphatic heterocycles. The van der Waals surface area contributed by atoms with Crippen molar-refractivity contribution in [2.45, 2.75) is 6.42 Å². The molecule has 1 aromatic rings. The van der Waals surface area contributed by atoms with Gasteiger partial charge < -0.3 is 10.4 Å². The maximum Gasteiger partial charge on any atom is 0.309 e. The number of carboxylic acids is 1. The number of anilines is 1. The fraction of sp³-hybridized carbons (Fsp3) is 0.286. The van der Waals surface area contributed by atoms with Crippen molar-refractivity contribution in [1.29, 1.82) is 0 Å². The zero-order valence-corrected chi connectivity index (χ0v) is 9.62. The quantitative estimate of drug-likeness (QED) is 0.814. The maximum atomic E-state index is 10.9. The molecule has 82 valence electrons. The lowest BCUT2D eigenvalue weighted by Crippen LogP contribution is -2.12. The van der Waals surface area contributed by atoms with Crippen molar-refractivity contribution in [3.05, 3.63) is 10.0 Å². The van der Waals surface area contributed by atoms with E-state index < -0.39 is 11.9 Å². The Morgan fingerprint density at radius 1 is 1.53 bits per heavy atom. The number of aromatic nitrogens is 1. The summed E-state index contributed by atoms with van der Waals surface area (Å²) in [7, 11) is 0. The minimum absolute atomic E-state index is 0.189. The minimum atomic E-state index is -1.03. The highest BCUT2D eigenvalue weighted by molar-refractivity contribution is 7.19. The van der Waals surface area contributed by atoms with Crippen molar-refractivity contribution >= 4 is 51.5 Å². The number of carboxylic acid groups (broad SMARTS) is 1. The van der Waals surface area contributed by atoms with Crippen LogP contribution in [0.2, 0.25) is 4.34 Å². The van der Waals surface area contributed by atoms with Crippen molar-refractivity contribution in [2.75, 3.05) is 11.2 Å². The van der Waals surface area contributed by atoms with Crippen molar-refractivity contribution in [2.24, 2.45) is 0 Å². The fourth-order valence-electron chi connectivity index (χ4n) is 0.792. The number of hydrogen-bond donors (Lipinski definition) is 2. The molecule has 0 radical (unpaired) electrons. The molecular formula is C7H6Cl2N2O3S. The number of rotatable bonds is 4. The highest BCUT2D eigenvalue weighted by atomic mass is 35.5. The third-order valence-electron chi connectivity index (χ3n) is 1.34. The normalized spacial score (nSPS) is 10.0. The molecule has 0 unspecified atom stereocenters. The van der Waals surface area contributed by atoms with Crippen LogP contribution in [0.5, 0.6) is 0 Å². The second kappa shape index (κ2) is 5.29. The molecule has 8 heteroatoms. The Kier molecular flexibility index (Phi) is 4.31. The molecule has 0 spiro atoms. The van der Waals surface area contributed by atoms with Crippen LogP contribution in [0.25, 0.3) is 0 Å². The standard InChI is InChI=1S/C7H6Cl2N2O3S/c8-2-4(12)11-7-10-3(1-5(13)14)6(9)15-7/h1-2H2,(H,13,14)(H,10,11,12). The van der Waals surface area contributed by atoms with Gasteiger partial charge in [-0.2, -0.15) is 0 Å². The molecule has 1 amide bonds. The molecule has 0 aliphatic rings. The number of hydrogen-bond acceptors (Lipinski definition) is 4. The molecule has 1 rings (SSSR count). The number of halogens is 2. The lowest BCUT2D eigenvalue weighted by atomic mass is 10.3. The van der Waals surface area contributed by atoms with Crippen LogP contribution in [0.1, 0.15) is 5.69 Å². The molecule has 0 aromatic carbocycles. The van der Waals surface area contributed by atoms with E-state index in [1.807, 2.05) is 0 Å². The summed E-state index contributed by atoms with van der Waals surface area (Å²) >= 11 is 12.0. The van der Waals surface area contributed by atoms with Crippen LogP contribution in [0.3, 0.4) is 0 Å². The first-order chi connectivity index (χ1) is 7.02. The Balaban J connectivity index is 2.76. The predicted molar refractivity (Wildman–Crippen MR) is 57.8 cm³/mol. The van der Waals surface area contributed by atoms with Crippen LogP contribution in [0.4, 0.5) is 5.13 Å². The molecule has 2 N–H and O–H groups in total. The number of carbonyl (C=O) groups excluding carboxylic acids is 1. The van der Waals surface area contributed by atoms with Crippen molar-refractivity contribution in [3.63, 3.8) is 0 Å². The Morgan fingerprint density at radius 3 is 2.73 bits per heavy atom. The van der Waals surface area contributed by atoms with Gasteiger partial charge in [-0.25, -0.2) is 4.98 Å².